The summed E-state index contributed by atoms with van der Waals surface area (Å²) in [5.41, 5.74) is 1.19. The van der Waals surface area contributed by atoms with Gasteiger partial charge in [0, 0.05) is 32.0 Å². The Hall–Kier alpha value is -1.29. The number of ether oxygens (including phenoxy) is 1. The van der Waals surface area contributed by atoms with Gasteiger partial charge in [-0.1, -0.05) is 13.8 Å². The molecule has 0 unspecified atom stereocenters. The number of methoxy groups -OCH3 is 1. The van der Waals surface area contributed by atoms with Gasteiger partial charge in [0.05, 0.1) is 19.2 Å². The van der Waals surface area contributed by atoms with Crippen LogP contribution in [0, 0.1) is 5.92 Å². The lowest BCUT2D eigenvalue weighted by atomic mass is 10.1. The Bertz CT molecular complexity index is 412. The molecule has 4 nitrogen and oxygen atoms in total. The first kappa shape index (κ1) is 13.1. The molecular formula is C14H22N2O2. The maximum atomic E-state index is 12.2. The van der Waals surface area contributed by atoms with Crippen LogP contribution in [0.3, 0.4) is 0 Å². The highest BCUT2D eigenvalue weighted by Crippen LogP contribution is 2.17. The molecule has 0 aromatic carbocycles. The van der Waals surface area contributed by atoms with Crippen molar-refractivity contribution in [2.45, 2.75) is 39.5 Å². The van der Waals surface area contributed by atoms with Crippen LogP contribution in [0.15, 0.2) is 18.3 Å². The quantitative estimate of drug-likeness (QED) is 0.821. The van der Waals surface area contributed by atoms with Gasteiger partial charge >= 0.3 is 0 Å². The van der Waals surface area contributed by atoms with Crippen molar-refractivity contribution in [3.8, 4) is 0 Å². The Balaban J connectivity index is 2.14. The molecule has 1 aliphatic rings. The summed E-state index contributed by atoms with van der Waals surface area (Å²) in [6, 6.07) is 4.10. The number of carbonyl (C=O) groups excluding carboxylic acids is 1. The minimum atomic E-state index is 0.0785. The van der Waals surface area contributed by atoms with E-state index < -0.39 is 0 Å². The highest BCUT2D eigenvalue weighted by Gasteiger charge is 2.24. The largest absolute Gasteiger partial charge is 0.378 e. The van der Waals surface area contributed by atoms with E-state index in [9.17, 15) is 4.79 Å². The number of hydrogen-bond donors (Lipinski definition) is 0. The lowest BCUT2D eigenvalue weighted by molar-refractivity contribution is -0.134. The summed E-state index contributed by atoms with van der Waals surface area (Å²) in [7, 11) is 1.71. The zero-order valence-electron chi connectivity index (χ0n) is 11.4. The number of amides is 1. The SMILES string of the molecule is CO[C@@H]1CN(C(=O)CC(C)C)Cc2cccn2C1. The molecule has 0 radical (unpaired) electrons. The summed E-state index contributed by atoms with van der Waals surface area (Å²) >= 11 is 0. The predicted molar refractivity (Wildman–Crippen MR) is 70.1 cm³/mol. The predicted octanol–water partition coefficient (Wildman–Crippen LogP) is 1.89. The van der Waals surface area contributed by atoms with Crippen LogP contribution < -0.4 is 0 Å². The third-order valence-electron chi connectivity index (χ3n) is 3.37. The first-order chi connectivity index (χ1) is 8.60. The van der Waals surface area contributed by atoms with E-state index in [2.05, 4.69) is 30.7 Å². The molecule has 18 heavy (non-hydrogen) atoms. The number of aromatic nitrogens is 1. The van der Waals surface area contributed by atoms with E-state index in [1.54, 1.807) is 7.11 Å². The molecule has 2 heterocycles. The minimum absolute atomic E-state index is 0.0785. The Kier molecular flexibility index (Phi) is 4.07. The molecule has 0 aliphatic carbocycles. The van der Waals surface area contributed by atoms with Crippen molar-refractivity contribution in [3.05, 3.63) is 24.0 Å². The highest BCUT2D eigenvalue weighted by atomic mass is 16.5. The molecule has 1 aromatic rings. The maximum Gasteiger partial charge on any atom is 0.223 e. The fourth-order valence-corrected chi connectivity index (χ4v) is 2.37. The number of rotatable bonds is 3. The van der Waals surface area contributed by atoms with Crippen molar-refractivity contribution < 1.29 is 9.53 Å². The second-order valence-corrected chi connectivity index (χ2v) is 5.38. The molecule has 1 aliphatic heterocycles. The van der Waals surface area contributed by atoms with Gasteiger partial charge in [-0.15, -0.1) is 0 Å². The Labute approximate surface area is 109 Å². The summed E-state index contributed by atoms with van der Waals surface area (Å²) in [6.45, 7) is 6.35. The van der Waals surface area contributed by atoms with E-state index in [-0.39, 0.29) is 12.0 Å². The van der Waals surface area contributed by atoms with Gasteiger partial charge in [0.1, 0.15) is 0 Å². The van der Waals surface area contributed by atoms with Gasteiger partial charge in [-0.05, 0) is 18.1 Å². The molecule has 1 atom stereocenters. The normalized spacial score (nSPS) is 19.8. The van der Waals surface area contributed by atoms with Crippen molar-refractivity contribution in [1.82, 2.24) is 9.47 Å². The zero-order chi connectivity index (χ0) is 13.1. The number of fused-ring (bicyclic) bond motifs is 1. The van der Waals surface area contributed by atoms with Crippen LogP contribution in [-0.4, -0.2) is 35.1 Å². The number of nitrogens with zero attached hydrogens (tertiary/aromatic N) is 2. The molecule has 100 valence electrons. The summed E-state index contributed by atoms with van der Waals surface area (Å²) in [4.78, 5) is 14.1. The van der Waals surface area contributed by atoms with Gasteiger partial charge in [-0.3, -0.25) is 4.79 Å². The van der Waals surface area contributed by atoms with Crippen molar-refractivity contribution in [2.75, 3.05) is 13.7 Å². The number of carbonyl (C=O) groups is 1. The van der Waals surface area contributed by atoms with E-state index >= 15 is 0 Å². The third-order valence-corrected chi connectivity index (χ3v) is 3.37. The lowest BCUT2D eigenvalue weighted by Crippen LogP contribution is -2.37. The molecule has 1 amide bonds. The van der Waals surface area contributed by atoms with E-state index in [1.807, 2.05) is 11.0 Å². The van der Waals surface area contributed by atoms with Gasteiger partial charge in [0.2, 0.25) is 5.91 Å². The Morgan fingerprint density at radius 3 is 2.94 bits per heavy atom. The first-order valence-corrected chi connectivity index (χ1v) is 6.54. The summed E-state index contributed by atoms with van der Waals surface area (Å²) in [5.74, 6) is 0.621. The first-order valence-electron chi connectivity index (χ1n) is 6.54. The topological polar surface area (TPSA) is 34.5 Å². The van der Waals surface area contributed by atoms with Crippen molar-refractivity contribution >= 4 is 5.91 Å². The van der Waals surface area contributed by atoms with Crippen LogP contribution >= 0.6 is 0 Å². The molecular weight excluding hydrogens is 228 g/mol. The standard InChI is InChI=1S/C14H22N2O2/c1-11(2)7-14(17)16-8-12-5-4-6-15(12)9-13(10-16)18-3/h4-6,11,13H,7-10H2,1-3H3/t13-/m0/s1. The van der Waals surface area contributed by atoms with Gasteiger partial charge in [0.25, 0.3) is 0 Å². The van der Waals surface area contributed by atoms with E-state index in [0.717, 1.165) is 6.54 Å². The average Bonchev–Trinajstić information content (AvgIpc) is 2.65. The van der Waals surface area contributed by atoms with Crippen molar-refractivity contribution in [1.29, 1.82) is 0 Å². The van der Waals surface area contributed by atoms with Crippen LogP contribution in [0.1, 0.15) is 26.0 Å². The Morgan fingerprint density at radius 2 is 2.28 bits per heavy atom. The molecule has 1 aromatic heterocycles. The van der Waals surface area contributed by atoms with Gasteiger partial charge in [0.15, 0.2) is 0 Å². The third kappa shape index (κ3) is 2.93. The van der Waals surface area contributed by atoms with Gasteiger partial charge < -0.3 is 14.2 Å². The molecule has 0 saturated carbocycles. The molecule has 0 N–H and O–H groups in total. The van der Waals surface area contributed by atoms with E-state index in [0.29, 0.717) is 25.4 Å². The molecule has 0 bridgehead atoms. The molecule has 2 rings (SSSR count). The zero-order valence-corrected chi connectivity index (χ0v) is 11.4. The highest BCUT2D eigenvalue weighted by molar-refractivity contribution is 5.76. The molecule has 4 heteroatoms. The molecule has 0 fully saturated rings. The minimum Gasteiger partial charge on any atom is -0.378 e. The van der Waals surface area contributed by atoms with Gasteiger partial charge in [-0.2, -0.15) is 0 Å². The summed E-state index contributed by atoms with van der Waals surface area (Å²) < 4.78 is 7.65. The smallest absolute Gasteiger partial charge is 0.223 e. The van der Waals surface area contributed by atoms with Crippen LogP contribution in [0.25, 0.3) is 0 Å². The van der Waals surface area contributed by atoms with Crippen LogP contribution in [0.4, 0.5) is 0 Å². The van der Waals surface area contributed by atoms with E-state index in [4.69, 9.17) is 4.74 Å². The van der Waals surface area contributed by atoms with E-state index in [1.165, 1.54) is 5.69 Å². The summed E-state index contributed by atoms with van der Waals surface area (Å²) in [6.07, 6.45) is 2.74. The Morgan fingerprint density at radius 1 is 1.50 bits per heavy atom. The van der Waals surface area contributed by atoms with Crippen LogP contribution in [-0.2, 0) is 22.6 Å². The average molecular weight is 250 g/mol. The fraction of sp³-hybridized carbons (Fsp3) is 0.643. The van der Waals surface area contributed by atoms with Crippen molar-refractivity contribution in [3.63, 3.8) is 0 Å². The lowest BCUT2D eigenvalue weighted by Gasteiger charge is -2.24. The second-order valence-electron chi connectivity index (χ2n) is 5.38. The number of hydrogen-bond acceptors (Lipinski definition) is 2. The van der Waals surface area contributed by atoms with Crippen LogP contribution in [0.5, 0.6) is 0 Å². The maximum absolute atomic E-state index is 12.2. The molecule has 0 spiro atoms. The van der Waals surface area contributed by atoms with Crippen molar-refractivity contribution in [2.24, 2.45) is 5.92 Å². The van der Waals surface area contributed by atoms with Crippen LogP contribution in [0.2, 0.25) is 0 Å². The molecule has 0 saturated heterocycles. The summed E-state index contributed by atoms with van der Waals surface area (Å²) in [5, 5.41) is 0. The van der Waals surface area contributed by atoms with Gasteiger partial charge in [-0.25, -0.2) is 0 Å². The fourth-order valence-electron chi connectivity index (χ4n) is 2.37. The second kappa shape index (κ2) is 5.57. The monoisotopic (exact) mass is 250 g/mol.